The minimum absolute atomic E-state index is 0.0693. The molecule has 0 aromatic carbocycles. The van der Waals surface area contributed by atoms with Crippen LogP contribution in [0.15, 0.2) is 23.0 Å². The van der Waals surface area contributed by atoms with Crippen molar-refractivity contribution in [1.29, 1.82) is 0 Å². The molecule has 0 spiro atoms. The quantitative estimate of drug-likeness (QED) is 0.901. The van der Waals surface area contributed by atoms with Crippen LogP contribution in [0.1, 0.15) is 44.9 Å². The van der Waals surface area contributed by atoms with E-state index in [0.29, 0.717) is 18.5 Å². The fraction of sp³-hybridized carbons (Fsp3) is 0.611. The Bertz CT molecular complexity index is 728. The minimum Gasteiger partial charge on any atom is -0.338 e. The van der Waals surface area contributed by atoms with Crippen LogP contribution in [0.4, 0.5) is 5.88 Å². The third kappa shape index (κ3) is 4.48. The van der Waals surface area contributed by atoms with Crippen LogP contribution in [-0.4, -0.2) is 44.9 Å². The van der Waals surface area contributed by atoms with Crippen molar-refractivity contribution in [2.45, 2.75) is 58.5 Å². The molecule has 7 heteroatoms. The lowest BCUT2D eigenvalue weighted by Gasteiger charge is -2.23. The second-order valence-corrected chi connectivity index (χ2v) is 7.88. The molecule has 25 heavy (non-hydrogen) atoms. The standard InChI is InChI=1S/C18H27N5O2/c1-13-9-19-23(10-13)11-14-6-5-7-22(14)12-16(24)20-17-8-15(21-25-17)18(2,3)4/h8-10,14H,5-7,11-12H2,1-4H3,(H,20,24). The Hall–Kier alpha value is -2.15. The van der Waals surface area contributed by atoms with E-state index in [1.807, 2.05) is 24.0 Å². The molecule has 0 aliphatic carbocycles. The van der Waals surface area contributed by atoms with Crippen LogP contribution in [0.25, 0.3) is 0 Å². The summed E-state index contributed by atoms with van der Waals surface area (Å²) in [7, 11) is 0. The number of carbonyl (C=O) groups is 1. The lowest BCUT2D eigenvalue weighted by Crippen LogP contribution is -2.39. The van der Waals surface area contributed by atoms with E-state index in [1.165, 1.54) is 0 Å². The number of anilines is 1. The van der Waals surface area contributed by atoms with Crippen molar-refractivity contribution in [2.24, 2.45) is 0 Å². The Kier molecular flexibility index (Phi) is 4.94. The molecular formula is C18H27N5O2. The monoisotopic (exact) mass is 345 g/mol. The SMILES string of the molecule is Cc1cnn(CC2CCCN2CC(=O)Nc2cc(C(C)(C)C)no2)c1. The van der Waals surface area contributed by atoms with Crippen LogP contribution >= 0.6 is 0 Å². The van der Waals surface area contributed by atoms with Crippen LogP contribution in [0.3, 0.4) is 0 Å². The zero-order valence-corrected chi connectivity index (χ0v) is 15.5. The largest absolute Gasteiger partial charge is 0.338 e. The van der Waals surface area contributed by atoms with Gasteiger partial charge in [-0.05, 0) is 31.9 Å². The summed E-state index contributed by atoms with van der Waals surface area (Å²) in [6.07, 6.45) is 6.10. The average molecular weight is 345 g/mol. The van der Waals surface area contributed by atoms with E-state index < -0.39 is 0 Å². The summed E-state index contributed by atoms with van der Waals surface area (Å²) in [5.74, 6) is 0.341. The van der Waals surface area contributed by atoms with E-state index in [2.05, 4.69) is 41.2 Å². The van der Waals surface area contributed by atoms with Crippen LogP contribution in [0.5, 0.6) is 0 Å². The molecular weight excluding hydrogens is 318 g/mol. The van der Waals surface area contributed by atoms with Crippen molar-refractivity contribution < 1.29 is 9.32 Å². The molecule has 1 unspecified atom stereocenters. The normalized spacial score (nSPS) is 18.6. The minimum atomic E-state index is -0.103. The predicted octanol–water partition coefficient (Wildman–Crippen LogP) is 2.58. The first-order chi connectivity index (χ1) is 11.8. The highest BCUT2D eigenvalue weighted by atomic mass is 16.5. The molecule has 0 bridgehead atoms. The van der Waals surface area contributed by atoms with Gasteiger partial charge in [0, 0.05) is 23.7 Å². The van der Waals surface area contributed by atoms with E-state index >= 15 is 0 Å². The van der Waals surface area contributed by atoms with Gasteiger partial charge in [0.2, 0.25) is 11.8 Å². The van der Waals surface area contributed by atoms with Gasteiger partial charge in [-0.2, -0.15) is 5.10 Å². The summed E-state index contributed by atoms with van der Waals surface area (Å²) in [4.78, 5) is 14.6. The Morgan fingerprint density at radius 1 is 1.44 bits per heavy atom. The molecule has 136 valence electrons. The number of nitrogens with one attached hydrogen (secondary N) is 1. The number of nitrogens with zero attached hydrogens (tertiary/aromatic N) is 4. The van der Waals surface area contributed by atoms with Gasteiger partial charge >= 0.3 is 0 Å². The molecule has 1 fully saturated rings. The van der Waals surface area contributed by atoms with Gasteiger partial charge in [0.1, 0.15) is 0 Å². The highest BCUT2D eigenvalue weighted by Crippen LogP contribution is 2.24. The molecule has 1 atom stereocenters. The summed E-state index contributed by atoms with van der Waals surface area (Å²) >= 11 is 0. The summed E-state index contributed by atoms with van der Waals surface area (Å²) in [5, 5.41) is 11.2. The van der Waals surface area contributed by atoms with Gasteiger partial charge in [0.25, 0.3) is 0 Å². The van der Waals surface area contributed by atoms with E-state index in [1.54, 1.807) is 6.07 Å². The van der Waals surface area contributed by atoms with Gasteiger partial charge in [0.15, 0.2) is 0 Å². The summed E-state index contributed by atoms with van der Waals surface area (Å²) in [5.41, 5.74) is 1.88. The second kappa shape index (κ2) is 7.00. The molecule has 7 nitrogen and oxygen atoms in total. The third-order valence-electron chi connectivity index (χ3n) is 4.55. The van der Waals surface area contributed by atoms with Gasteiger partial charge in [0.05, 0.1) is 25.0 Å². The Morgan fingerprint density at radius 3 is 2.88 bits per heavy atom. The number of aryl methyl sites for hydroxylation is 1. The van der Waals surface area contributed by atoms with E-state index in [0.717, 1.165) is 37.2 Å². The Morgan fingerprint density at radius 2 is 2.24 bits per heavy atom. The number of hydrogen-bond acceptors (Lipinski definition) is 5. The van der Waals surface area contributed by atoms with Gasteiger partial charge in [-0.15, -0.1) is 0 Å². The highest BCUT2D eigenvalue weighted by Gasteiger charge is 2.27. The lowest BCUT2D eigenvalue weighted by molar-refractivity contribution is -0.117. The molecule has 1 aliphatic rings. The van der Waals surface area contributed by atoms with E-state index in [-0.39, 0.29) is 11.3 Å². The number of amides is 1. The molecule has 3 rings (SSSR count). The molecule has 0 radical (unpaired) electrons. The van der Waals surface area contributed by atoms with Crippen molar-refractivity contribution >= 4 is 11.8 Å². The van der Waals surface area contributed by atoms with Crippen LogP contribution in [0.2, 0.25) is 0 Å². The summed E-state index contributed by atoms with van der Waals surface area (Å²) in [6, 6.07) is 2.14. The van der Waals surface area contributed by atoms with Gasteiger partial charge in [-0.1, -0.05) is 25.9 Å². The maximum Gasteiger partial charge on any atom is 0.240 e. The van der Waals surface area contributed by atoms with Gasteiger partial charge in [-0.25, -0.2) is 0 Å². The maximum absolute atomic E-state index is 12.4. The number of carbonyl (C=O) groups excluding carboxylic acids is 1. The van der Waals surface area contributed by atoms with Crippen molar-refractivity contribution in [3.05, 3.63) is 29.7 Å². The molecule has 1 saturated heterocycles. The molecule has 3 heterocycles. The van der Waals surface area contributed by atoms with Crippen molar-refractivity contribution in [2.75, 3.05) is 18.4 Å². The number of aromatic nitrogens is 3. The first kappa shape index (κ1) is 17.7. The first-order valence-electron chi connectivity index (χ1n) is 8.81. The zero-order chi connectivity index (χ0) is 18.0. The number of likely N-dealkylation sites (tertiary alicyclic amines) is 1. The number of rotatable bonds is 5. The summed E-state index contributed by atoms with van der Waals surface area (Å²) < 4.78 is 7.20. The molecule has 2 aromatic heterocycles. The molecule has 1 N–H and O–H groups in total. The second-order valence-electron chi connectivity index (χ2n) is 7.88. The highest BCUT2D eigenvalue weighted by molar-refractivity contribution is 5.91. The average Bonchev–Trinajstić information content (AvgIpc) is 3.22. The van der Waals surface area contributed by atoms with Crippen LogP contribution in [0, 0.1) is 6.92 Å². The van der Waals surface area contributed by atoms with E-state index in [9.17, 15) is 4.79 Å². The fourth-order valence-electron chi connectivity index (χ4n) is 3.14. The van der Waals surface area contributed by atoms with Crippen LogP contribution in [-0.2, 0) is 16.8 Å². The Labute approximate surface area is 148 Å². The fourth-order valence-corrected chi connectivity index (χ4v) is 3.14. The zero-order valence-electron chi connectivity index (χ0n) is 15.5. The molecule has 0 saturated carbocycles. The Balaban J connectivity index is 1.55. The van der Waals surface area contributed by atoms with Gasteiger partial charge < -0.3 is 4.52 Å². The smallest absolute Gasteiger partial charge is 0.240 e. The van der Waals surface area contributed by atoms with Crippen molar-refractivity contribution in [1.82, 2.24) is 19.8 Å². The van der Waals surface area contributed by atoms with Gasteiger partial charge in [-0.3, -0.25) is 19.7 Å². The van der Waals surface area contributed by atoms with E-state index in [4.69, 9.17) is 4.52 Å². The van der Waals surface area contributed by atoms with Crippen LogP contribution < -0.4 is 5.32 Å². The maximum atomic E-state index is 12.4. The van der Waals surface area contributed by atoms with Crippen molar-refractivity contribution in [3.63, 3.8) is 0 Å². The number of hydrogen-bond donors (Lipinski definition) is 1. The first-order valence-corrected chi connectivity index (χ1v) is 8.81. The summed E-state index contributed by atoms with van der Waals surface area (Å²) in [6.45, 7) is 10.3. The molecule has 1 aliphatic heterocycles. The lowest BCUT2D eigenvalue weighted by atomic mass is 9.92. The van der Waals surface area contributed by atoms with Crippen molar-refractivity contribution in [3.8, 4) is 0 Å². The topological polar surface area (TPSA) is 76.2 Å². The third-order valence-corrected chi connectivity index (χ3v) is 4.55. The molecule has 1 amide bonds. The molecule has 2 aromatic rings. The predicted molar refractivity (Wildman–Crippen MR) is 95.4 cm³/mol.